The topological polar surface area (TPSA) is 0 Å². The first-order valence-corrected chi connectivity index (χ1v) is 15.6. The van der Waals surface area contributed by atoms with Gasteiger partial charge in [0.2, 0.25) is 0 Å². The van der Waals surface area contributed by atoms with E-state index in [-0.39, 0.29) is 12.4 Å². The van der Waals surface area contributed by atoms with Gasteiger partial charge in [-0.1, -0.05) is 142 Å². The molecule has 0 N–H and O–H groups in total. The summed E-state index contributed by atoms with van der Waals surface area (Å²) in [7, 11) is 0. The molecule has 0 unspecified atom stereocenters. The number of hydrogen-bond acceptors (Lipinski definition) is 0. The monoisotopic (exact) mass is 487 g/mol. The minimum atomic E-state index is 0. The van der Waals surface area contributed by atoms with Crippen LogP contribution in [-0.4, -0.2) is 30.7 Å². The van der Waals surface area contributed by atoms with Crippen molar-refractivity contribution in [2.24, 2.45) is 0 Å². The van der Waals surface area contributed by atoms with E-state index in [1.165, 1.54) is 178 Å². The van der Waals surface area contributed by atoms with Crippen LogP contribution < -0.4 is 12.4 Å². The van der Waals surface area contributed by atoms with E-state index in [1.54, 1.807) is 0 Å². The fraction of sp³-hybridized carbons (Fsp3) is 1.00. The third-order valence-electron chi connectivity index (χ3n) is 8.25. The first kappa shape index (κ1) is 35.4. The van der Waals surface area contributed by atoms with Crippen molar-refractivity contribution in [3.63, 3.8) is 0 Å². The molecule has 33 heavy (non-hydrogen) atoms. The zero-order valence-corrected chi connectivity index (χ0v) is 24.7. The van der Waals surface area contributed by atoms with Crippen molar-refractivity contribution in [1.29, 1.82) is 0 Å². The number of quaternary nitrogens is 1. The Kier molecular flexibility index (Phi) is 30.6. The summed E-state index contributed by atoms with van der Waals surface area (Å²) in [6.07, 6.45) is 33.9. The lowest BCUT2D eigenvalue weighted by Gasteiger charge is -2.35. The largest absolute Gasteiger partial charge is 1.00 e. The van der Waals surface area contributed by atoms with E-state index < -0.39 is 0 Å². The molecule has 0 heterocycles. The van der Waals surface area contributed by atoms with Gasteiger partial charge in [0.1, 0.15) is 0 Å². The predicted molar refractivity (Wildman–Crippen MR) is 149 cm³/mol. The lowest BCUT2D eigenvalue weighted by Crippen LogP contribution is -3.00. The summed E-state index contributed by atoms with van der Waals surface area (Å²) in [5.74, 6) is 0. The molecule has 0 aromatic rings. The van der Waals surface area contributed by atoms with Gasteiger partial charge in [-0.25, -0.2) is 0 Å². The Morgan fingerprint density at radius 1 is 0.303 bits per heavy atom. The summed E-state index contributed by atoms with van der Waals surface area (Å²) >= 11 is 0. The summed E-state index contributed by atoms with van der Waals surface area (Å²) in [4.78, 5) is 0. The van der Waals surface area contributed by atoms with Crippen molar-refractivity contribution in [2.45, 2.75) is 175 Å². The van der Waals surface area contributed by atoms with E-state index in [0.29, 0.717) is 0 Å². The van der Waals surface area contributed by atoms with E-state index >= 15 is 0 Å². The fourth-order valence-corrected chi connectivity index (χ4v) is 5.38. The zero-order chi connectivity index (χ0) is 23.6. The van der Waals surface area contributed by atoms with Gasteiger partial charge in [0, 0.05) is 0 Å². The van der Waals surface area contributed by atoms with Gasteiger partial charge in [0.15, 0.2) is 0 Å². The molecular formula is C31H66ClN. The van der Waals surface area contributed by atoms with Crippen molar-refractivity contribution >= 4 is 0 Å². The molecule has 202 valence electrons. The van der Waals surface area contributed by atoms with Crippen molar-refractivity contribution in [1.82, 2.24) is 0 Å². The summed E-state index contributed by atoms with van der Waals surface area (Å²) in [5.41, 5.74) is 0. The minimum absolute atomic E-state index is 0. The summed E-state index contributed by atoms with van der Waals surface area (Å²) in [5, 5.41) is 0. The van der Waals surface area contributed by atoms with E-state index in [9.17, 15) is 0 Å². The van der Waals surface area contributed by atoms with Crippen LogP contribution in [0.3, 0.4) is 0 Å². The molecular weight excluding hydrogens is 422 g/mol. The van der Waals surface area contributed by atoms with Gasteiger partial charge in [-0.3, -0.25) is 0 Å². The number of rotatable bonds is 27. The maximum atomic E-state index is 2.37. The van der Waals surface area contributed by atoms with Gasteiger partial charge >= 0.3 is 0 Å². The van der Waals surface area contributed by atoms with Crippen LogP contribution in [-0.2, 0) is 0 Å². The molecule has 0 fully saturated rings. The predicted octanol–water partition coefficient (Wildman–Crippen LogP) is 7.86. The first-order chi connectivity index (χ1) is 15.7. The summed E-state index contributed by atoms with van der Waals surface area (Å²) in [6.45, 7) is 14.7. The van der Waals surface area contributed by atoms with Gasteiger partial charge in [0.25, 0.3) is 0 Å². The number of nitrogens with zero attached hydrogens (tertiary/aromatic N) is 1. The average Bonchev–Trinajstić information content (AvgIpc) is 2.82. The molecule has 0 aliphatic heterocycles. The van der Waals surface area contributed by atoms with E-state index in [1.807, 2.05) is 0 Å². The Labute approximate surface area is 218 Å². The van der Waals surface area contributed by atoms with Gasteiger partial charge in [0.05, 0.1) is 26.2 Å². The highest BCUT2D eigenvalue weighted by Crippen LogP contribution is 2.16. The van der Waals surface area contributed by atoms with Gasteiger partial charge in [-0.2, -0.15) is 0 Å². The molecule has 1 nitrogen and oxygen atoms in total. The van der Waals surface area contributed by atoms with Crippen molar-refractivity contribution in [2.75, 3.05) is 26.2 Å². The molecule has 2 heteroatoms. The standard InChI is InChI=1S/C31H66N.ClH/c1-5-9-10-11-12-13-14-15-16-17-18-19-20-21-22-23-24-25-26-27-28-29-30-31-32(6-2,7-3)8-4;/h5-31H2,1-4H3;1H/q+1;/p-1. The third-order valence-corrected chi connectivity index (χ3v) is 8.25. The zero-order valence-electron chi connectivity index (χ0n) is 23.9. The highest BCUT2D eigenvalue weighted by Gasteiger charge is 2.19. The van der Waals surface area contributed by atoms with Crippen molar-refractivity contribution in [3.05, 3.63) is 0 Å². The van der Waals surface area contributed by atoms with Crippen LogP contribution in [0.25, 0.3) is 0 Å². The Hall–Kier alpha value is 0.250. The molecule has 0 atom stereocenters. The summed E-state index contributed by atoms with van der Waals surface area (Å²) < 4.78 is 1.33. The molecule has 0 spiro atoms. The Morgan fingerprint density at radius 2 is 0.515 bits per heavy atom. The molecule has 0 aliphatic rings. The Morgan fingerprint density at radius 3 is 0.727 bits per heavy atom. The highest BCUT2D eigenvalue weighted by molar-refractivity contribution is 4.51. The lowest BCUT2D eigenvalue weighted by atomic mass is 10.0. The summed E-state index contributed by atoms with van der Waals surface area (Å²) in [6, 6.07) is 0. The number of halogens is 1. The van der Waals surface area contributed by atoms with Crippen LogP contribution in [0.1, 0.15) is 175 Å². The molecule has 0 aromatic carbocycles. The average molecular weight is 488 g/mol. The van der Waals surface area contributed by atoms with E-state index in [0.717, 1.165) is 0 Å². The molecule has 0 radical (unpaired) electrons. The first-order valence-electron chi connectivity index (χ1n) is 15.6. The van der Waals surface area contributed by atoms with Crippen molar-refractivity contribution in [3.8, 4) is 0 Å². The molecule has 0 aromatic heterocycles. The second kappa shape index (κ2) is 28.5. The fourth-order valence-electron chi connectivity index (χ4n) is 5.38. The molecule has 0 rings (SSSR count). The number of hydrogen-bond donors (Lipinski definition) is 0. The third kappa shape index (κ3) is 23.7. The minimum Gasteiger partial charge on any atom is -1.00 e. The van der Waals surface area contributed by atoms with Crippen LogP contribution >= 0.6 is 0 Å². The second-order valence-electron chi connectivity index (χ2n) is 10.8. The van der Waals surface area contributed by atoms with Gasteiger partial charge in [-0.15, -0.1) is 0 Å². The van der Waals surface area contributed by atoms with Crippen LogP contribution in [0.5, 0.6) is 0 Å². The van der Waals surface area contributed by atoms with Crippen molar-refractivity contribution < 1.29 is 16.9 Å². The molecule has 0 saturated heterocycles. The smallest absolute Gasteiger partial charge is 0.0786 e. The van der Waals surface area contributed by atoms with E-state index in [4.69, 9.17) is 0 Å². The van der Waals surface area contributed by atoms with Crippen LogP contribution in [0.4, 0.5) is 0 Å². The molecule has 0 aliphatic carbocycles. The molecule has 0 amide bonds. The Balaban J connectivity index is 0. The molecule has 0 saturated carbocycles. The van der Waals surface area contributed by atoms with Gasteiger partial charge < -0.3 is 16.9 Å². The van der Waals surface area contributed by atoms with Gasteiger partial charge in [-0.05, 0) is 33.6 Å². The Bertz CT molecular complexity index is 332. The van der Waals surface area contributed by atoms with Crippen LogP contribution in [0, 0.1) is 0 Å². The maximum absolute atomic E-state index is 2.37. The van der Waals surface area contributed by atoms with Crippen LogP contribution in [0.15, 0.2) is 0 Å². The normalized spacial score (nSPS) is 11.6. The maximum Gasteiger partial charge on any atom is 0.0786 e. The van der Waals surface area contributed by atoms with Crippen LogP contribution in [0.2, 0.25) is 0 Å². The quantitative estimate of drug-likeness (QED) is 0.0816. The molecule has 0 bridgehead atoms. The SMILES string of the molecule is CCCCCCCCCCCCCCCCCCCCCCCCC[N+](CC)(CC)CC.[Cl-]. The second-order valence-corrected chi connectivity index (χ2v) is 10.8. The number of unbranched alkanes of at least 4 members (excludes halogenated alkanes) is 22. The lowest BCUT2D eigenvalue weighted by molar-refractivity contribution is -0.923. The van der Waals surface area contributed by atoms with E-state index in [2.05, 4.69) is 27.7 Å². The highest BCUT2D eigenvalue weighted by atomic mass is 35.5.